The van der Waals surface area contributed by atoms with Gasteiger partial charge in [-0.15, -0.1) is 0 Å². The molecular weight excluding hydrogens is 430 g/mol. The van der Waals surface area contributed by atoms with Crippen LogP contribution in [-0.4, -0.2) is 25.7 Å². The molecule has 1 aromatic carbocycles. The lowest BCUT2D eigenvalue weighted by molar-refractivity contribution is -0.116. The van der Waals surface area contributed by atoms with Gasteiger partial charge in [0.1, 0.15) is 11.5 Å². The Labute approximate surface area is 197 Å². The Balaban J connectivity index is 1.45. The van der Waals surface area contributed by atoms with Crippen molar-refractivity contribution >= 4 is 11.7 Å². The van der Waals surface area contributed by atoms with Crippen LogP contribution >= 0.6 is 0 Å². The van der Waals surface area contributed by atoms with Crippen molar-refractivity contribution in [3.8, 4) is 28.7 Å². The molecule has 2 N–H and O–H groups in total. The Morgan fingerprint density at radius 2 is 1.88 bits per heavy atom. The topological polar surface area (TPSA) is 106 Å². The summed E-state index contributed by atoms with van der Waals surface area (Å²) in [5.41, 5.74) is 1.55. The zero-order chi connectivity index (χ0) is 23.3. The fraction of sp³-hybridized carbons (Fsp3) is 0.308. The summed E-state index contributed by atoms with van der Waals surface area (Å²) in [4.78, 5) is 32.6. The number of carbonyl (C=O) groups excluding carboxylic acids is 1. The third kappa shape index (κ3) is 5.01. The minimum absolute atomic E-state index is 0.0840. The van der Waals surface area contributed by atoms with Crippen LogP contribution in [0, 0.1) is 5.92 Å². The fourth-order valence-corrected chi connectivity index (χ4v) is 4.49. The molecule has 1 amide bonds. The van der Waals surface area contributed by atoms with Crippen molar-refractivity contribution in [1.29, 1.82) is 0 Å². The van der Waals surface area contributed by atoms with E-state index in [1.807, 2.05) is 30.3 Å². The largest absolute Gasteiger partial charge is 0.463 e. The Hall–Kier alpha value is -3.94. The number of hydrogen-bond acceptors (Lipinski definition) is 5. The number of carbonyl (C=O) groups is 1. The lowest BCUT2D eigenvalue weighted by atomic mass is 9.86. The number of aromatic nitrogens is 4. The molecule has 0 bridgehead atoms. The van der Waals surface area contributed by atoms with E-state index < -0.39 is 0 Å². The first-order valence-corrected chi connectivity index (χ1v) is 11.8. The van der Waals surface area contributed by atoms with Gasteiger partial charge >= 0.3 is 0 Å². The van der Waals surface area contributed by atoms with E-state index in [9.17, 15) is 9.59 Å². The third-order valence-electron chi connectivity index (χ3n) is 6.25. The second-order valence-corrected chi connectivity index (χ2v) is 8.72. The van der Waals surface area contributed by atoms with Crippen LogP contribution in [0.5, 0.6) is 0 Å². The number of rotatable bonds is 7. The van der Waals surface area contributed by atoms with Crippen molar-refractivity contribution in [2.75, 3.05) is 5.32 Å². The van der Waals surface area contributed by atoms with Gasteiger partial charge in [0.2, 0.25) is 11.9 Å². The molecule has 0 saturated heterocycles. The van der Waals surface area contributed by atoms with E-state index in [2.05, 4.69) is 20.4 Å². The maximum absolute atomic E-state index is 12.8. The highest BCUT2D eigenvalue weighted by atomic mass is 16.3. The minimum Gasteiger partial charge on any atom is -0.463 e. The molecule has 34 heavy (non-hydrogen) atoms. The van der Waals surface area contributed by atoms with E-state index in [0.717, 1.165) is 12.0 Å². The molecule has 174 valence electrons. The van der Waals surface area contributed by atoms with Crippen LogP contribution in [0.1, 0.15) is 44.9 Å². The molecule has 8 heteroatoms. The second kappa shape index (κ2) is 9.91. The van der Waals surface area contributed by atoms with Gasteiger partial charge in [-0.3, -0.25) is 14.6 Å². The predicted molar refractivity (Wildman–Crippen MR) is 130 cm³/mol. The first-order valence-electron chi connectivity index (χ1n) is 11.8. The van der Waals surface area contributed by atoms with E-state index in [4.69, 9.17) is 4.42 Å². The van der Waals surface area contributed by atoms with Crippen LogP contribution in [0.3, 0.4) is 0 Å². The molecule has 0 unspecified atom stereocenters. The Morgan fingerprint density at radius 3 is 2.65 bits per heavy atom. The number of anilines is 1. The number of H-pyrrole nitrogens is 1. The number of amides is 1. The van der Waals surface area contributed by atoms with E-state index in [1.54, 1.807) is 24.5 Å². The molecular formula is C26H27N5O3. The molecule has 0 spiro atoms. The van der Waals surface area contributed by atoms with Crippen molar-refractivity contribution in [3.63, 3.8) is 0 Å². The molecule has 8 nitrogen and oxygen atoms in total. The molecule has 1 saturated carbocycles. The zero-order valence-electron chi connectivity index (χ0n) is 18.9. The van der Waals surface area contributed by atoms with Gasteiger partial charge in [-0.1, -0.05) is 62.4 Å². The number of benzene rings is 1. The van der Waals surface area contributed by atoms with Crippen LogP contribution < -0.4 is 10.9 Å². The SMILES string of the molecule is O=C(CCC1CCCCC1)Nc1cc(-c2ccco2)nn1-c1nc(-c2ccccc2)cc(=O)[nH]1. The summed E-state index contributed by atoms with van der Waals surface area (Å²) in [5, 5.41) is 7.54. The van der Waals surface area contributed by atoms with Gasteiger partial charge in [0, 0.05) is 24.1 Å². The lowest BCUT2D eigenvalue weighted by Gasteiger charge is -2.21. The quantitative estimate of drug-likeness (QED) is 0.398. The summed E-state index contributed by atoms with van der Waals surface area (Å²) in [7, 11) is 0. The van der Waals surface area contributed by atoms with Gasteiger partial charge in [-0.25, -0.2) is 4.98 Å². The third-order valence-corrected chi connectivity index (χ3v) is 6.25. The number of nitrogens with one attached hydrogen (secondary N) is 2. The summed E-state index contributed by atoms with van der Waals surface area (Å²) in [6.07, 6.45) is 9.09. The van der Waals surface area contributed by atoms with E-state index >= 15 is 0 Å². The van der Waals surface area contributed by atoms with Crippen LogP contribution in [0.25, 0.3) is 28.7 Å². The second-order valence-electron chi connectivity index (χ2n) is 8.72. The zero-order valence-corrected chi connectivity index (χ0v) is 18.9. The van der Waals surface area contributed by atoms with Gasteiger partial charge in [0.05, 0.1) is 12.0 Å². The summed E-state index contributed by atoms with van der Waals surface area (Å²) < 4.78 is 6.94. The summed E-state index contributed by atoms with van der Waals surface area (Å²) >= 11 is 0. The number of nitrogens with zero attached hydrogens (tertiary/aromatic N) is 3. The lowest BCUT2D eigenvalue weighted by Crippen LogP contribution is -2.19. The molecule has 0 atom stereocenters. The van der Waals surface area contributed by atoms with Crippen molar-refractivity contribution < 1.29 is 9.21 Å². The highest BCUT2D eigenvalue weighted by Gasteiger charge is 2.19. The van der Waals surface area contributed by atoms with Gasteiger partial charge in [0.15, 0.2) is 5.76 Å². The maximum Gasteiger partial charge on any atom is 0.252 e. The van der Waals surface area contributed by atoms with Crippen LogP contribution in [0.2, 0.25) is 0 Å². The van der Waals surface area contributed by atoms with Gasteiger partial charge < -0.3 is 9.73 Å². The standard InChI is InChI=1S/C26H27N5O3/c32-24(14-13-18-8-3-1-4-9-18)28-23-16-21(22-12-7-15-34-22)30-31(23)26-27-20(17-25(33)29-26)19-10-5-2-6-11-19/h2,5-7,10-12,15-18H,1,3-4,8-9,13-14H2,(H,28,32)(H,27,29,33). The number of hydrogen-bond donors (Lipinski definition) is 2. The van der Waals surface area contributed by atoms with Gasteiger partial charge in [0.25, 0.3) is 5.56 Å². The van der Waals surface area contributed by atoms with E-state index in [0.29, 0.717) is 35.3 Å². The van der Waals surface area contributed by atoms with Gasteiger partial charge in [-0.05, 0) is 24.5 Å². The highest BCUT2D eigenvalue weighted by molar-refractivity contribution is 5.90. The molecule has 5 rings (SSSR count). The minimum atomic E-state index is -0.312. The Morgan fingerprint density at radius 1 is 1.06 bits per heavy atom. The van der Waals surface area contributed by atoms with Crippen molar-refractivity contribution in [2.45, 2.75) is 44.9 Å². The Kier molecular flexibility index (Phi) is 6.38. The summed E-state index contributed by atoms with van der Waals surface area (Å²) in [6.45, 7) is 0. The first-order chi connectivity index (χ1) is 16.7. The molecule has 3 heterocycles. The molecule has 3 aromatic heterocycles. The van der Waals surface area contributed by atoms with Crippen molar-refractivity contribution in [2.24, 2.45) is 5.92 Å². The van der Waals surface area contributed by atoms with Crippen LogP contribution in [0.4, 0.5) is 5.82 Å². The summed E-state index contributed by atoms with van der Waals surface area (Å²) in [6, 6.07) is 16.2. The number of aromatic amines is 1. The van der Waals surface area contributed by atoms with E-state index in [-0.39, 0.29) is 17.4 Å². The molecule has 0 radical (unpaired) electrons. The van der Waals surface area contributed by atoms with Gasteiger partial charge in [-0.2, -0.15) is 9.78 Å². The molecule has 1 aliphatic carbocycles. The van der Waals surface area contributed by atoms with Crippen molar-refractivity contribution in [3.05, 3.63) is 71.2 Å². The van der Waals surface area contributed by atoms with E-state index in [1.165, 1.54) is 42.9 Å². The molecule has 4 aromatic rings. The Bertz CT molecular complexity index is 1300. The first kappa shape index (κ1) is 21.9. The maximum atomic E-state index is 12.8. The average Bonchev–Trinajstić information content (AvgIpc) is 3.54. The smallest absolute Gasteiger partial charge is 0.252 e. The highest BCUT2D eigenvalue weighted by Crippen LogP contribution is 2.28. The fourth-order valence-electron chi connectivity index (χ4n) is 4.49. The molecule has 1 aliphatic rings. The van der Waals surface area contributed by atoms with Crippen molar-refractivity contribution in [1.82, 2.24) is 19.7 Å². The number of furan rings is 1. The van der Waals surface area contributed by atoms with Crippen LogP contribution in [0.15, 0.2) is 70.1 Å². The average molecular weight is 458 g/mol. The monoisotopic (exact) mass is 457 g/mol. The normalized spacial score (nSPS) is 14.2. The summed E-state index contributed by atoms with van der Waals surface area (Å²) in [5.74, 6) is 1.72. The van der Waals surface area contributed by atoms with Crippen LogP contribution in [-0.2, 0) is 4.79 Å². The molecule has 1 fully saturated rings. The predicted octanol–water partition coefficient (Wildman–Crippen LogP) is 5.18. The molecule has 0 aliphatic heterocycles.